The minimum Gasteiger partial charge on any atom is -0.497 e. The van der Waals surface area contributed by atoms with Crippen molar-refractivity contribution < 1.29 is 27.8 Å². The van der Waals surface area contributed by atoms with E-state index in [-0.39, 0.29) is 18.0 Å². The van der Waals surface area contributed by atoms with Gasteiger partial charge in [0.15, 0.2) is 0 Å². The van der Waals surface area contributed by atoms with Crippen molar-refractivity contribution in [2.45, 2.75) is 23.3 Å². The first kappa shape index (κ1) is 20.3. The molecule has 0 radical (unpaired) electrons. The van der Waals surface area contributed by atoms with E-state index in [2.05, 4.69) is 0 Å². The summed E-state index contributed by atoms with van der Waals surface area (Å²) in [4.78, 5) is 11.2. The average molecular weight is 405 g/mol. The molecule has 1 heterocycles. The van der Waals surface area contributed by atoms with Gasteiger partial charge in [-0.2, -0.15) is 4.31 Å². The SMILES string of the molecule is COc1ccc(S(=O)(=O)N2CCC(OCC(=O)O)(c3ccccc3)CC2)cc1. The smallest absolute Gasteiger partial charge is 0.329 e. The molecule has 7 nitrogen and oxygen atoms in total. The Kier molecular flexibility index (Phi) is 6.02. The van der Waals surface area contributed by atoms with Gasteiger partial charge in [0.2, 0.25) is 10.0 Å². The third-order valence-electron chi connectivity index (χ3n) is 5.00. The number of piperidine rings is 1. The average Bonchev–Trinajstić information content (AvgIpc) is 2.73. The van der Waals surface area contributed by atoms with Gasteiger partial charge in [-0.1, -0.05) is 30.3 Å². The lowest BCUT2D eigenvalue weighted by atomic mass is 9.85. The molecular formula is C20H23NO6S. The second-order valence-electron chi connectivity index (χ2n) is 6.62. The van der Waals surface area contributed by atoms with E-state index in [0.29, 0.717) is 18.6 Å². The first-order valence-electron chi connectivity index (χ1n) is 8.93. The summed E-state index contributed by atoms with van der Waals surface area (Å²) in [5.41, 5.74) is 0.0451. The van der Waals surface area contributed by atoms with Crippen molar-refractivity contribution in [1.82, 2.24) is 4.31 Å². The highest BCUT2D eigenvalue weighted by Crippen LogP contribution is 2.38. The molecule has 1 aliphatic rings. The molecule has 3 rings (SSSR count). The number of nitrogens with zero attached hydrogens (tertiary/aromatic N) is 1. The third-order valence-corrected chi connectivity index (χ3v) is 6.91. The molecule has 1 aliphatic heterocycles. The molecule has 0 saturated carbocycles. The molecule has 28 heavy (non-hydrogen) atoms. The van der Waals surface area contributed by atoms with Gasteiger partial charge in [0, 0.05) is 13.1 Å². The number of hydrogen-bond acceptors (Lipinski definition) is 5. The molecule has 150 valence electrons. The fraction of sp³-hybridized carbons (Fsp3) is 0.350. The van der Waals surface area contributed by atoms with Crippen LogP contribution in [0.25, 0.3) is 0 Å². The fourth-order valence-corrected chi connectivity index (χ4v) is 4.88. The van der Waals surface area contributed by atoms with E-state index in [4.69, 9.17) is 14.6 Å². The number of carboxylic acids is 1. The first-order chi connectivity index (χ1) is 13.4. The zero-order valence-electron chi connectivity index (χ0n) is 15.6. The summed E-state index contributed by atoms with van der Waals surface area (Å²) < 4.78 is 38.2. The summed E-state index contributed by atoms with van der Waals surface area (Å²) >= 11 is 0. The van der Waals surface area contributed by atoms with E-state index < -0.39 is 28.2 Å². The number of sulfonamides is 1. The second kappa shape index (κ2) is 8.30. The molecule has 0 aromatic heterocycles. The van der Waals surface area contributed by atoms with Crippen LogP contribution in [0.2, 0.25) is 0 Å². The van der Waals surface area contributed by atoms with Crippen molar-refractivity contribution in [3.05, 3.63) is 60.2 Å². The highest BCUT2D eigenvalue weighted by molar-refractivity contribution is 7.89. The van der Waals surface area contributed by atoms with Crippen LogP contribution in [-0.4, -0.2) is 50.6 Å². The zero-order valence-corrected chi connectivity index (χ0v) is 16.4. The Morgan fingerprint density at radius 3 is 2.21 bits per heavy atom. The summed E-state index contributed by atoms with van der Waals surface area (Å²) in [6.45, 7) is 0.0475. The Balaban J connectivity index is 1.80. The zero-order chi connectivity index (χ0) is 20.2. The lowest BCUT2D eigenvalue weighted by molar-refractivity contribution is -0.154. The third kappa shape index (κ3) is 4.19. The fourth-order valence-electron chi connectivity index (χ4n) is 3.44. The Labute approximate surface area is 164 Å². The molecule has 0 spiro atoms. The van der Waals surface area contributed by atoms with Gasteiger partial charge in [-0.15, -0.1) is 0 Å². The van der Waals surface area contributed by atoms with Crippen molar-refractivity contribution in [3.8, 4) is 5.75 Å². The Hall–Kier alpha value is -2.42. The van der Waals surface area contributed by atoms with Crippen LogP contribution >= 0.6 is 0 Å². The quantitative estimate of drug-likeness (QED) is 0.761. The molecule has 1 saturated heterocycles. The predicted octanol–water partition coefficient (Wildman–Crippen LogP) is 2.48. The number of hydrogen-bond donors (Lipinski definition) is 1. The summed E-state index contributed by atoms with van der Waals surface area (Å²) in [6.07, 6.45) is 0.749. The number of rotatable bonds is 7. The largest absolute Gasteiger partial charge is 0.497 e. The molecule has 8 heteroatoms. The monoisotopic (exact) mass is 405 g/mol. The molecular weight excluding hydrogens is 382 g/mol. The van der Waals surface area contributed by atoms with Gasteiger partial charge in [0.25, 0.3) is 0 Å². The maximum atomic E-state index is 13.0. The van der Waals surface area contributed by atoms with Crippen LogP contribution in [0.15, 0.2) is 59.5 Å². The van der Waals surface area contributed by atoms with Crippen LogP contribution in [0.3, 0.4) is 0 Å². The highest BCUT2D eigenvalue weighted by Gasteiger charge is 2.41. The van der Waals surface area contributed by atoms with E-state index in [1.165, 1.54) is 23.5 Å². The predicted molar refractivity (Wildman–Crippen MR) is 103 cm³/mol. The maximum Gasteiger partial charge on any atom is 0.329 e. The maximum absolute atomic E-state index is 13.0. The summed E-state index contributed by atoms with van der Waals surface area (Å²) in [7, 11) is -2.12. The number of carbonyl (C=O) groups is 1. The van der Waals surface area contributed by atoms with Gasteiger partial charge >= 0.3 is 5.97 Å². The normalized spacial score (nSPS) is 17.2. The molecule has 1 fully saturated rings. The molecule has 0 unspecified atom stereocenters. The highest BCUT2D eigenvalue weighted by atomic mass is 32.2. The Morgan fingerprint density at radius 2 is 1.68 bits per heavy atom. The van der Waals surface area contributed by atoms with E-state index >= 15 is 0 Å². The van der Waals surface area contributed by atoms with Crippen LogP contribution in [0.4, 0.5) is 0 Å². The number of carboxylic acid groups (broad SMARTS) is 1. The van der Waals surface area contributed by atoms with Crippen LogP contribution in [0.1, 0.15) is 18.4 Å². The van der Waals surface area contributed by atoms with Gasteiger partial charge in [-0.3, -0.25) is 0 Å². The summed E-state index contributed by atoms with van der Waals surface area (Å²) in [5.74, 6) is -0.466. The standard InChI is InChI=1S/C20H23NO6S/c1-26-17-7-9-18(10-8-17)28(24,25)21-13-11-20(12-14-21,27-15-19(22)23)16-5-3-2-4-6-16/h2-10H,11-15H2,1H3,(H,22,23). The Morgan fingerprint density at radius 1 is 1.07 bits per heavy atom. The van der Waals surface area contributed by atoms with Gasteiger partial charge in [0.05, 0.1) is 17.6 Å². The topological polar surface area (TPSA) is 93.1 Å². The molecule has 2 aromatic carbocycles. The van der Waals surface area contributed by atoms with Crippen LogP contribution < -0.4 is 4.74 Å². The van der Waals surface area contributed by atoms with Crippen molar-refractivity contribution in [3.63, 3.8) is 0 Å². The van der Waals surface area contributed by atoms with Crippen LogP contribution in [-0.2, 0) is 25.2 Å². The molecule has 0 amide bonds. The number of benzene rings is 2. The second-order valence-corrected chi connectivity index (χ2v) is 8.56. The number of aliphatic carboxylic acids is 1. The minimum atomic E-state index is -3.64. The minimum absolute atomic E-state index is 0.201. The molecule has 1 N–H and O–H groups in total. The van der Waals surface area contributed by atoms with Gasteiger partial charge in [-0.25, -0.2) is 13.2 Å². The van der Waals surface area contributed by atoms with E-state index in [9.17, 15) is 13.2 Å². The number of ether oxygens (including phenoxy) is 2. The van der Waals surface area contributed by atoms with Gasteiger partial charge in [-0.05, 0) is 42.7 Å². The van der Waals surface area contributed by atoms with Crippen molar-refractivity contribution in [2.24, 2.45) is 0 Å². The number of methoxy groups -OCH3 is 1. The molecule has 0 bridgehead atoms. The first-order valence-corrected chi connectivity index (χ1v) is 10.4. The lowest BCUT2D eigenvalue weighted by Gasteiger charge is -2.41. The Bertz CT molecular complexity index is 903. The van der Waals surface area contributed by atoms with E-state index in [1.807, 2.05) is 30.3 Å². The van der Waals surface area contributed by atoms with Gasteiger partial charge in [0.1, 0.15) is 12.4 Å². The van der Waals surface area contributed by atoms with Crippen LogP contribution in [0, 0.1) is 0 Å². The van der Waals surface area contributed by atoms with Crippen molar-refractivity contribution in [1.29, 1.82) is 0 Å². The van der Waals surface area contributed by atoms with Crippen LogP contribution in [0.5, 0.6) is 5.75 Å². The molecule has 0 aliphatic carbocycles. The van der Waals surface area contributed by atoms with Crippen molar-refractivity contribution >= 4 is 16.0 Å². The van der Waals surface area contributed by atoms with E-state index in [0.717, 1.165) is 5.56 Å². The molecule has 0 atom stereocenters. The summed E-state index contributed by atoms with van der Waals surface area (Å²) in [6, 6.07) is 15.6. The lowest BCUT2D eigenvalue weighted by Crippen LogP contribution is -2.47. The van der Waals surface area contributed by atoms with Gasteiger partial charge < -0.3 is 14.6 Å². The van der Waals surface area contributed by atoms with E-state index in [1.54, 1.807) is 12.1 Å². The van der Waals surface area contributed by atoms with Crippen molar-refractivity contribution in [2.75, 3.05) is 26.8 Å². The summed E-state index contributed by atoms with van der Waals surface area (Å²) in [5, 5.41) is 9.04. The molecule has 2 aromatic rings.